The lowest BCUT2D eigenvalue weighted by atomic mass is 9.99. The number of thioether (sulfide) groups is 1. The number of nitrogens with zero attached hydrogens (tertiary/aromatic N) is 1. The van der Waals surface area contributed by atoms with Gasteiger partial charge in [0.05, 0.1) is 10.7 Å². The fourth-order valence-corrected chi connectivity index (χ4v) is 4.54. The quantitative estimate of drug-likeness (QED) is 0.164. The van der Waals surface area contributed by atoms with E-state index in [0.29, 0.717) is 5.69 Å². The van der Waals surface area contributed by atoms with E-state index >= 15 is 0 Å². The summed E-state index contributed by atoms with van der Waals surface area (Å²) in [6.07, 6.45) is 11.7. The fraction of sp³-hybridized carbons (Fsp3) is 0.476. The summed E-state index contributed by atoms with van der Waals surface area (Å²) in [7, 11) is 1.85. The summed E-state index contributed by atoms with van der Waals surface area (Å²) < 4.78 is 5.80. The minimum absolute atomic E-state index is 0.0886. The molecule has 0 spiro atoms. The molecule has 0 bridgehead atoms. The minimum atomic E-state index is 0.0886. The Labute approximate surface area is 175 Å². The van der Waals surface area contributed by atoms with Crippen LogP contribution in [0.4, 0.5) is 5.69 Å². The van der Waals surface area contributed by atoms with Crippen molar-refractivity contribution in [1.82, 2.24) is 0 Å². The number of rotatable bonds is 7. The second-order valence-electron chi connectivity index (χ2n) is 6.44. The molecule has 3 nitrogen and oxygen atoms in total. The van der Waals surface area contributed by atoms with Gasteiger partial charge in [-0.25, -0.2) is 0 Å². The zero-order chi connectivity index (χ0) is 18.9. The number of hydrogen-bond donors (Lipinski definition) is 1. The fourth-order valence-electron chi connectivity index (χ4n) is 3.25. The first kappa shape index (κ1) is 21.4. The highest BCUT2D eigenvalue weighted by Gasteiger charge is 2.20. The van der Waals surface area contributed by atoms with E-state index in [1.165, 1.54) is 25.7 Å². The van der Waals surface area contributed by atoms with Gasteiger partial charge in [0.15, 0.2) is 0 Å². The molecule has 0 aliphatic heterocycles. The summed E-state index contributed by atoms with van der Waals surface area (Å²) in [5.41, 5.74) is 9.49. The molecule has 1 aromatic carbocycles. The highest BCUT2D eigenvalue weighted by molar-refractivity contribution is 14.1. The molecule has 0 heterocycles. The topological polar surface area (TPSA) is 47.6 Å². The van der Waals surface area contributed by atoms with E-state index in [0.717, 1.165) is 28.0 Å². The molecule has 0 saturated heterocycles. The van der Waals surface area contributed by atoms with E-state index in [9.17, 15) is 0 Å². The van der Waals surface area contributed by atoms with Crippen molar-refractivity contribution in [1.29, 1.82) is 0 Å². The molecular formula is C21H29IN2OS. The number of halogens is 1. The van der Waals surface area contributed by atoms with Gasteiger partial charge in [0.2, 0.25) is 0 Å². The zero-order valence-electron chi connectivity index (χ0n) is 15.9. The van der Waals surface area contributed by atoms with Crippen molar-refractivity contribution in [2.24, 2.45) is 10.9 Å². The lowest BCUT2D eigenvalue weighted by Crippen LogP contribution is -2.06. The zero-order valence-corrected chi connectivity index (χ0v) is 18.8. The number of hydrogen-bond acceptors (Lipinski definition) is 4. The van der Waals surface area contributed by atoms with Gasteiger partial charge in [-0.1, -0.05) is 23.8 Å². The Morgan fingerprint density at radius 1 is 1.50 bits per heavy atom. The van der Waals surface area contributed by atoms with Gasteiger partial charge in [-0.2, -0.15) is 0 Å². The van der Waals surface area contributed by atoms with Crippen LogP contribution in [0.25, 0.3) is 0 Å². The number of benzene rings is 1. The molecule has 0 radical (unpaired) electrons. The molecule has 1 fully saturated rings. The molecule has 142 valence electrons. The van der Waals surface area contributed by atoms with Gasteiger partial charge in [-0.05, 0) is 86.2 Å². The summed E-state index contributed by atoms with van der Waals surface area (Å²) in [5.74, 6) is 2.54. The van der Waals surface area contributed by atoms with Gasteiger partial charge in [-0.15, -0.1) is 11.8 Å². The Balaban J connectivity index is 1.94. The normalized spacial score (nSPS) is 20.8. The smallest absolute Gasteiger partial charge is 0.146 e. The Kier molecular flexibility index (Phi) is 9.05. The molecule has 2 unspecified atom stereocenters. The first-order valence-electron chi connectivity index (χ1n) is 9.17. The van der Waals surface area contributed by atoms with Crippen LogP contribution < -0.4 is 10.5 Å². The molecule has 1 aliphatic carbocycles. The van der Waals surface area contributed by atoms with Crippen LogP contribution in [0.15, 0.2) is 47.0 Å². The maximum atomic E-state index is 6.15. The van der Waals surface area contributed by atoms with Gasteiger partial charge in [0, 0.05) is 18.4 Å². The number of aliphatic imine (C=N–C) groups is 1. The number of ether oxygens (including phenoxy) is 1. The number of nitrogen functional groups attached to an aromatic ring is 1. The van der Waals surface area contributed by atoms with Crippen molar-refractivity contribution < 1.29 is 4.74 Å². The average Bonchev–Trinajstić information content (AvgIpc) is 3.05. The van der Waals surface area contributed by atoms with Crippen LogP contribution in [0.1, 0.15) is 45.1 Å². The first-order valence-corrected chi connectivity index (χ1v) is 11.4. The molecule has 1 aromatic rings. The summed E-state index contributed by atoms with van der Waals surface area (Å²) in [5, 5.41) is 1.04. The SMILES string of the molecule is C/C=C\C=C1\CCCC1CCS/C(=N\C)c1ccc(OC(C)I)c(N)c1. The van der Waals surface area contributed by atoms with E-state index in [1.54, 1.807) is 5.57 Å². The third-order valence-corrected chi connectivity index (χ3v) is 5.89. The molecular weight excluding hydrogens is 455 g/mol. The van der Waals surface area contributed by atoms with E-state index in [1.807, 2.05) is 43.9 Å². The molecule has 0 aromatic heterocycles. The van der Waals surface area contributed by atoms with Crippen LogP contribution in [-0.4, -0.2) is 22.0 Å². The third kappa shape index (κ3) is 6.34. The third-order valence-electron chi connectivity index (χ3n) is 4.50. The highest BCUT2D eigenvalue weighted by atomic mass is 127. The number of nitrogens with two attached hydrogens (primary N) is 1. The van der Waals surface area contributed by atoms with Crippen molar-refractivity contribution in [2.45, 2.75) is 43.6 Å². The van der Waals surface area contributed by atoms with Crippen LogP contribution in [-0.2, 0) is 0 Å². The lowest BCUT2D eigenvalue weighted by molar-refractivity contribution is 0.324. The summed E-state index contributed by atoms with van der Waals surface area (Å²) in [4.78, 5) is 4.48. The summed E-state index contributed by atoms with van der Waals surface area (Å²) in [6, 6.07) is 5.96. The van der Waals surface area contributed by atoms with Crippen LogP contribution in [0.2, 0.25) is 0 Å². The highest BCUT2D eigenvalue weighted by Crippen LogP contribution is 2.35. The molecule has 2 N–H and O–H groups in total. The largest absolute Gasteiger partial charge is 0.478 e. The Morgan fingerprint density at radius 3 is 2.96 bits per heavy atom. The second kappa shape index (κ2) is 11.0. The van der Waals surface area contributed by atoms with Gasteiger partial charge >= 0.3 is 0 Å². The molecule has 2 rings (SSSR count). The second-order valence-corrected chi connectivity index (χ2v) is 9.27. The van der Waals surface area contributed by atoms with Gasteiger partial charge < -0.3 is 10.5 Å². The molecule has 2 atom stereocenters. The molecule has 0 amide bonds. The van der Waals surface area contributed by atoms with Crippen LogP contribution >= 0.6 is 34.4 Å². The van der Waals surface area contributed by atoms with Crippen molar-refractivity contribution in [3.05, 3.63) is 47.6 Å². The van der Waals surface area contributed by atoms with E-state index in [-0.39, 0.29) is 4.11 Å². The van der Waals surface area contributed by atoms with Crippen molar-refractivity contribution >= 4 is 45.1 Å². The predicted molar refractivity (Wildman–Crippen MR) is 125 cm³/mol. The Hall–Kier alpha value is -0.950. The minimum Gasteiger partial charge on any atom is -0.478 e. The Bertz CT molecular complexity index is 683. The molecule has 1 aliphatic rings. The standard InChI is InChI=1S/C21H29IN2OS/c1-4-5-7-16-8-6-9-17(16)12-13-26-21(24-3)18-10-11-20(19(23)14-18)25-15(2)22/h4-5,7,10-11,14-15,17H,6,8-9,12-13,23H2,1-3H3/b5-4-,16-7-,24-21-. The Morgan fingerprint density at radius 2 is 2.31 bits per heavy atom. The van der Waals surface area contributed by atoms with Crippen LogP contribution in [0, 0.1) is 5.92 Å². The van der Waals surface area contributed by atoms with Gasteiger partial charge in [0.1, 0.15) is 9.86 Å². The summed E-state index contributed by atoms with van der Waals surface area (Å²) in [6.45, 7) is 4.06. The maximum Gasteiger partial charge on any atom is 0.146 e. The van der Waals surface area contributed by atoms with Gasteiger partial charge in [-0.3, -0.25) is 4.99 Å². The van der Waals surface area contributed by atoms with Crippen molar-refractivity contribution in [3.8, 4) is 5.75 Å². The number of anilines is 1. The monoisotopic (exact) mass is 484 g/mol. The van der Waals surface area contributed by atoms with Crippen LogP contribution in [0.3, 0.4) is 0 Å². The first-order chi connectivity index (χ1) is 12.5. The van der Waals surface area contributed by atoms with E-state index < -0.39 is 0 Å². The van der Waals surface area contributed by atoms with Gasteiger partial charge in [0.25, 0.3) is 0 Å². The van der Waals surface area contributed by atoms with Crippen LogP contribution in [0.5, 0.6) is 5.75 Å². The summed E-state index contributed by atoms with van der Waals surface area (Å²) >= 11 is 4.05. The van der Waals surface area contributed by atoms with E-state index in [2.05, 4.69) is 52.7 Å². The molecule has 26 heavy (non-hydrogen) atoms. The van der Waals surface area contributed by atoms with E-state index in [4.69, 9.17) is 10.5 Å². The average molecular weight is 484 g/mol. The number of allylic oxidation sites excluding steroid dienone is 4. The van der Waals surface area contributed by atoms with Crippen molar-refractivity contribution in [3.63, 3.8) is 0 Å². The predicted octanol–water partition coefficient (Wildman–Crippen LogP) is 6.23. The maximum absolute atomic E-state index is 6.15. The molecule has 5 heteroatoms. The molecule has 1 saturated carbocycles. The number of alkyl halides is 1. The van der Waals surface area contributed by atoms with Crippen molar-refractivity contribution in [2.75, 3.05) is 18.5 Å². The lowest BCUT2D eigenvalue weighted by Gasteiger charge is -2.14.